The number of nitrogens with one attached hydrogen (secondary N) is 1. The van der Waals surface area contributed by atoms with Crippen molar-refractivity contribution < 1.29 is 19.4 Å². The lowest BCUT2D eigenvalue weighted by molar-refractivity contribution is 0.0698. The molecule has 0 aliphatic carbocycles. The first-order valence-corrected chi connectivity index (χ1v) is 7.45. The Morgan fingerprint density at radius 2 is 1.83 bits per heavy atom. The number of carboxylic acid groups (broad SMARTS) is 1. The van der Waals surface area contributed by atoms with Gasteiger partial charge in [0.1, 0.15) is 11.5 Å². The van der Waals surface area contributed by atoms with Crippen molar-refractivity contribution >= 4 is 11.7 Å². The van der Waals surface area contributed by atoms with E-state index in [0.717, 1.165) is 23.5 Å². The molecule has 5 heteroatoms. The number of para-hydroxylation sites is 1. The van der Waals surface area contributed by atoms with Crippen LogP contribution in [-0.4, -0.2) is 31.3 Å². The summed E-state index contributed by atoms with van der Waals surface area (Å²) in [6.45, 7) is 3.08. The number of anilines is 1. The SMILES string of the molecule is COc1ccc(OCCCNc2c(C)cccc2C(=O)O)cc1. The summed E-state index contributed by atoms with van der Waals surface area (Å²) in [5.74, 6) is 0.651. The predicted molar refractivity (Wildman–Crippen MR) is 89.7 cm³/mol. The van der Waals surface area contributed by atoms with Crippen molar-refractivity contribution in [3.63, 3.8) is 0 Å². The Balaban J connectivity index is 1.80. The van der Waals surface area contributed by atoms with Crippen molar-refractivity contribution in [1.29, 1.82) is 0 Å². The van der Waals surface area contributed by atoms with E-state index < -0.39 is 5.97 Å². The number of aromatic carboxylic acids is 1. The van der Waals surface area contributed by atoms with Crippen LogP contribution in [0.4, 0.5) is 5.69 Å². The highest BCUT2D eigenvalue weighted by molar-refractivity contribution is 5.95. The highest BCUT2D eigenvalue weighted by Gasteiger charge is 2.11. The molecular weight excluding hydrogens is 294 g/mol. The number of hydrogen-bond acceptors (Lipinski definition) is 4. The second-order valence-corrected chi connectivity index (χ2v) is 5.11. The van der Waals surface area contributed by atoms with Crippen molar-refractivity contribution in [1.82, 2.24) is 0 Å². The zero-order chi connectivity index (χ0) is 16.7. The van der Waals surface area contributed by atoms with Crippen LogP contribution >= 0.6 is 0 Å². The first-order chi connectivity index (χ1) is 11.1. The fourth-order valence-corrected chi connectivity index (χ4v) is 2.23. The van der Waals surface area contributed by atoms with E-state index in [-0.39, 0.29) is 0 Å². The maximum atomic E-state index is 11.2. The molecular formula is C18H21NO4. The third-order valence-electron chi connectivity index (χ3n) is 3.45. The van der Waals surface area contributed by atoms with Gasteiger partial charge in [-0.25, -0.2) is 4.79 Å². The summed E-state index contributed by atoms with van der Waals surface area (Å²) >= 11 is 0. The average molecular weight is 315 g/mol. The number of aryl methyl sites for hydroxylation is 1. The molecule has 0 bridgehead atoms. The second-order valence-electron chi connectivity index (χ2n) is 5.11. The minimum atomic E-state index is -0.925. The molecule has 23 heavy (non-hydrogen) atoms. The van der Waals surface area contributed by atoms with Crippen LogP contribution in [0.5, 0.6) is 11.5 Å². The number of hydrogen-bond donors (Lipinski definition) is 2. The molecule has 0 aliphatic rings. The van der Waals surface area contributed by atoms with Gasteiger partial charge in [0, 0.05) is 6.54 Å². The molecule has 0 fully saturated rings. The Morgan fingerprint density at radius 1 is 1.13 bits per heavy atom. The maximum Gasteiger partial charge on any atom is 0.337 e. The Kier molecular flexibility index (Phi) is 5.86. The summed E-state index contributed by atoms with van der Waals surface area (Å²) in [5, 5.41) is 12.4. The van der Waals surface area contributed by atoms with Crippen molar-refractivity contribution in [3.05, 3.63) is 53.6 Å². The number of methoxy groups -OCH3 is 1. The van der Waals surface area contributed by atoms with Gasteiger partial charge in [0.05, 0.1) is 25.0 Å². The van der Waals surface area contributed by atoms with Gasteiger partial charge in [-0.3, -0.25) is 0 Å². The number of carbonyl (C=O) groups is 1. The lowest BCUT2D eigenvalue weighted by Crippen LogP contribution is -2.11. The molecule has 0 aromatic heterocycles. The molecule has 2 N–H and O–H groups in total. The number of benzene rings is 2. The standard InChI is InChI=1S/C18H21NO4/c1-13-5-3-6-16(18(20)21)17(13)19-11-4-12-23-15-9-7-14(22-2)8-10-15/h3,5-10,19H,4,11-12H2,1-2H3,(H,20,21). The summed E-state index contributed by atoms with van der Waals surface area (Å²) in [4.78, 5) is 11.2. The van der Waals surface area contributed by atoms with Gasteiger partial charge in [0.2, 0.25) is 0 Å². The van der Waals surface area contributed by atoms with Gasteiger partial charge in [0.25, 0.3) is 0 Å². The van der Waals surface area contributed by atoms with Crippen LogP contribution in [0.25, 0.3) is 0 Å². The van der Waals surface area contributed by atoms with E-state index in [1.807, 2.05) is 37.3 Å². The predicted octanol–water partition coefficient (Wildman–Crippen LogP) is 3.58. The molecule has 0 saturated carbocycles. The Morgan fingerprint density at radius 3 is 2.48 bits per heavy atom. The third kappa shape index (κ3) is 4.64. The molecule has 0 heterocycles. The smallest absolute Gasteiger partial charge is 0.337 e. The highest BCUT2D eigenvalue weighted by Crippen LogP contribution is 2.21. The lowest BCUT2D eigenvalue weighted by atomic mass is 10.1. The molecule has 122 valence electrons. The zero-order valence-electron chi connectivity index (χ0n) is 13.3. The lowest BCUT2D eigenvalue weighted by Gasteiger charge is -2.13. The molecule has 0 spiro atoms. The van der Waals surface area contributed by atoms with E-state index in [0.29, 0.717) is 24.4 Å². The number of ether oxygens (including phenoxy) is 2. The monoisotopic (exact) mass is 315 g/mol. The third-order valence-corrected chi connectivity index (χ3v) is 3.45. The van der Waals surface area contributed by atoms with Crippen molar-refractivity contribution in [2.75, 3.05) is 25.6 Å². The van der Waals surface area contributed by atoms with Crippen LogP contribution in [0.2, 0.25) is 0 Å². The Bertz CT molecular complexity index is 653. The van der Waals surface area contributed by atoms with E-state index in [1.54, 1.807) is 19.2 Å². The summed E-state index contributed by atoms with van der Waals surface area (Å²) < 4.78 is 10.7. The molecule has 2 rings (SSSR count). The van der Waals surface area contributed by atoms with Crippen LogP contribution in [0.15, 0.2) is 42.5 Å². The first-order valence-electron chi connectivity index (χ1n) is 7.45. The highest BCUT2D eigenvalue weighted by atomic mass is 16.5. The minimum Gasteiger partial charge on any atom is -0.497 e. The van der Waals surface area contributed by atoms with E-state index in [2.05, 4.69) is 5.32 Å². The molecule has 0 saturated heterocycles. The van der Waals surface area contributed by atoms with Crippen LogP contribution in [0.1, 0.15) is 22.3 Å². The Labute approximate surface area is 135 Å². The summed E-state index contributed by atoms with van der Waals surface area (Å²) in [5.41, 5.74) is 1.88. The molecule has 0 radical (unpaired) electrons. The second kappa shape index (κ2) is 8.08. The van der Waals surface area contributed by atoms with Gasteiger partial charge in [0.15, 0.2) is 0 Å². The fourth-order valence-electron chi connectivity index (χ4n) is 2.23. The topological polar surface area (TPSA) is 67.8 Å². The number of carboxylic acids is 1. The summed E-state index contributed by atoms with van der Waals surface area (Å²) in [6.07, 6.45) is 0.763. The summed E-state index contributed by atoms with van der Waals surface area (Å²) in [7, 11) is 1.62. The molecule has 0 atom stereocenters. The van der Waals surface area contributed by atoms with Gasteiger partial charge in [-0.1, -0.05) is 12.1 Å². The van der Waals surface area contributed by atoms with Crippen molar-refractivity contribution in [3.8, 4) is 11.5 Å². The molecule has 5 nitrogen and oxygen atoms in total. The molecule has 0 amide bonds. The van der Waals surface area contributed by atoms with Crippen LogP contribution in [0, 0.1) is 6.92 Å². The molecule has 2 aromatic rings. The van der Waals surface area contributed by atoms with Crippen LogP contribution < -0.4 is 14.8 Å². The van der Waals surface area contributed by atoms with Crippen molar-refractivity contribution in [2.24, 2.45) is 0 Å². The summed E-state index contributed by atoms with van der Waals surface area (Å²) in [6, 6.07) is 12.7. The fraction of sp³-hybridized carbons (Fsp3) is 0.278. The average Bonchev–Trinajstić information content (AvgIpc) is 2.56. The minimum absolute atomic E-state index is 0.293. The zero-order valence-corrected chi connectivity index (χ0v) is 13.3. The van der Waals surface area contributed by atoms with E-state index in [1.165, 1.54) is 0 Å². The van der Waals surface area contributed by atoms with Gasteiger partial charge in [-0.15, -0.1) is 0 Å². The van der Waals surface area contributed by atoms with Gasteiger partial charge < -0.3 is 19.9 Å². The van der Waals surface area contributed by atoms with E-state index in [4.69, 9.17) is 9.47 Å². The van der Waals surface area contributed by atoms with Crippen LogP contribution in [0.3, 0.4) is 0 Å². The van der Waals surface area contributed by atoms with E-state index >= 15 is 0 Å². The van der Waals surface area contributed by atoms with Gasteiger partial charge in [-0.05, 0) is 49.2 Å². The normalized spacial score (nSPS) is 10.2. The molecule has 2 aromatic carbocycles. The van der Waals surface area contributed by atoms with Gasteiger partial charge in [-0.2, -0.15) is 0 Å². The Hall–Kier alpha value is -2.69. The maximum absolute atomic E-state index is 11.2. The number of rotatable bonds is 8. The van der Waals surface area contributed by atoms with Gasteiger partial charge >= 0.3 is 5.97 Å². The quantitative estimate of drug-likeness (QED) is 0.729. The molecule has 0 unspecified atom stereocenters. The first kappa shape index (κ1) is 16.7. The largest absolute Gasteiger partial charge is 0.497 e. The molecule has 0 aliphatic heterocycles. The van der Waals surface area contributed by atoms with Crippen molar-refractivity contribution in [2.45, 2.75) is 13.3 Å². The van der Waals surface area contributed by atoms with E-state index in [9.17, 15) is 9.90 Å². The van der Waals surface area contributed by atoms with Crippen LogP contribution in [-0.2, 0) is 0 Å².